The van der Waals surface area contributed by atoms with E-state index in [0.717, 1.165) is 24.0 Å². The SMILES string of the molecule is Cn1cc(-c2cnc(Cl)nc2N[C@@H]2CCC[C@@H](O)[C@H]2O)cn1. The van der Waals surface area contributed by atoms with Crippen molar-refractivity contribution in [2.24, 2.45) is 7.05 Å². The van der Waals surface area contributed by atoms with Crippen LogP contribution in [-0.2, 0) is 7.05 Å². The molecule has 3 rings (SSSR count). The maximum atomic E-state index is 10.1. The Bertz CT molecular complexity index is 662. The minimum Gasteiger partial charge on any atom is -0.390 e. The van der Waals surface area contributed by atoms with Gasteiger partial charge in [-0.25, -0.2) is 9.97 Å². The molecule has 7 nitrogen and oxygen atoms in total. The van der Waals surface area contributed by atoms with Crippen molar-refractivity contribution in [2.45, 2.75) is 37.5 Å². The van der Waals surface area contributed by atoms with Crippen molar-refractivity contribution in [1.29, 1.82) is 0 Å². The van der Waals surface area contributed by atoms with Crippen molar-refractivity contribution in [3.8, 4) is 11.1 Å². The fourth-order valence-corrected chi connectivity index (χ4v) is 2.86. The zero-order valence-corrected chi connectivity index (χ0v) is 12.9. The van der Waals surface area contributed by atoms with Crippen molar-refractivity contribution in [1.82, 2.24) is 19.7 Å². The Labute approximate surface area is 133 Å². The van der Waals surface area contributed by atoms with Crippen molar-refractivity contribution in [3.05, 3.63) is 23.9 Å². The second-order valence-corrected chi connectivity index (χ2v) is 5.88. The monoisotopic (exact) mass is 323 g/mol. The third-order valence-corrected chi connectivity index (χ3v) is 4.10. The lowest BCUT2D eigenvalue weighted by molar-refractivity contribution is -0.0161. The number of hydrogen-bond acceptors (Lipinski definition) is 6. The van der Waals surface area contributed by atoms with E-state index in [-0.39, 0.29) is 11.3 Å². The zero-order valence-electron chi connectivity index (χ0n) is 12.1. The summed E-state index contributed by atoms with van der Waals surface area (Å²) in [6, 6.07) is -0.273. The third-order valence-electron chi connectivity index (χ3n) is 3.92. The molecule has 1 aliphatic carbocycles. The normalized spacial score (nSPS) is 25.2. The number of nitrogens with zero attached hydrogens (tertiary/aromatic N) is 4. The third kappa shape index (κ3) is 3.06. The molecule has 118 valence electrons. The van der Waals surface area contributed by atoms with Gasteiger partial charge in [-0.3, -0.25) is 4.68 Å². The molecule has 3 N–H and O–H groups in total. The fraction of sp³-hybridized carbons (Fsp3) is 0.500. The number of aliphatic hydroxyl groups is 2. The molecule has 0 spiro atoms. The molecule has 0 saturated heterocycles. The molecule has 22 heavy (non-hydrogen) atoms. The Morgan fingerprint density at radius 2 is 2.14 bits per heavy atom. The second kappa shape index (κ2) is 6.20. The number of rotatable bonds is 3. The van der Waals surface area contributed by atoms with E-state index in [0.29, 0.717) is 12.2 Å². The van der Waals surface area contributed by atoms with Crippen LogP contribution >= 0.6 is 11.6 Å². The summed E-state index contributed by atoms with van der Waals surface area (Å²) in [7, 11) is 1.83. The topological polar surface area (TPSA) is 96.1 Å². The average Bonchev–Trinajstić information content (AvgIpc) is 2.90. The lowest BCUT2D eigenvalue weighted by Gasteiger charge is -2.33. The van der Waals surface area contributed by atoms with E-state index in [9.17, 15) is 10.2 Å². The minimum absolute atomic E-state index is 0.126. The molecule has 3 atom stereocenters. The van der Waals surface area contributed by atoms with Gasteiger partial charge in [0, 0.05) is 30.6 Å². The first kappa shape index (κ1) is 15.2. The summed E-state index contributed by atoms with van der Waals surface area (Å²) in [5, 5.41) is 27.4. The van der Waals surface area contributed by atoms with Crippen LogP contribution in [0, 0.1) is 0 Å². The number of aromatic nitrogens is 4. The predicted molar refractivity (Wildman–Crippen MR) is 82.5 cm³/mol. The van der Waals surface area contributed by atoms with Gasteiger partial charge < -0.3 is 15.5 Å². The van der Waals surface area contributed by atoms with Crippen LogP contribution in [0.15, 0.2) is 18.6 Å². The van der Waals surface area contributed by atoms with E-state index in [1.165, 1.54) is 0 Å². The Kier molecular flexibility index (Phi) is 4.28. The van der Waals surface area contributed by atoms with Gasteiger partial charge >= 0.3 is 0 Å². The lowest BCUT2D eigenvalue weighted by Crippen LogP contribution is -2.45. The highest BCUT2D eigenvalue weighted by molar-refractivity contribution is 6.28. The molecule has 1 aliphatic rings. The van der Waals surface area contributed by atoms with E-state index in [4.69, 9.17) is 11.6 Å². The summed E-state index contributed by atoms with van der Waals surface area (Å²) in [4.78, 5) is 8.24. The molecular formula is C14H18ClN5O2. The van der Waals surface area contributed by atoms with Gasteiger partial charge in [0.2, 0.25) is 5.28 Å². The van der Waals surface area contributed by atoms with Gasteiger partial charge in [-0.15, -0.1) is 0 Å². The van der Waals surface area contributed by atoms with E-state index in [1.807, 2.05) is 13.2 Å². The smallest absolute Gasteiger partial charge is 0.224 e. The summed E-state index contributed by atoms with van der Waals surface area (Å²) in [5.41, 5.74) is 1.61. The number of aryl methyl sites for hydroxylation is 1. The van der Waals surface area contributed by atoms with Gasteiger partial charge in [0.05, 0.1) is 24.4 Å². The summed E-state index contributed by atoms with van der Waals surface area (Å²) in [6.45, 7) is 0. The van der Waals surface area contributed by atoms with Crippen molar-refractivity contribution in [3.63, 3.8) is 0 Å². The summed E-state index contributed by atoms with van der Waals surface area (Å²) in [6.07, 6.45) is 5.85. The Balaban J connectivity index is 1.90. The van der Waals surface area contributed by atoms with Crippen LogP contribution in [0.5, 0.6) is 0 Å². The molecule has 8 heteroatoms. The molecule has 0 aromatic carbocycles. The van der Waals surface area contributed by atoms with E-state index in [2.05, 4.69) is 20.4 Å². The van der Waals surface area contributed by atoms with Gasteiger partial charge in [-0.05, 0) is 30.9 Å². The van der Waals surface area contributed by atoms with Crippen molar-refractivity contribution in [2.75, 3.05) is 5.32 Å². The number of anilines is 1. The number of nitrogens with one attached hydrogen (secondary N) is 1. The first-order valence-corrected chi connectivity index (χ1v) is 7.56. The number of halogens is 1. The molecule has 2 aromatic heterocycles. The average molecular weight is 324 g/mol. The Morgan fingerprint density at radius 1 is 1.32 bits per heavy atom. The standard InChI is InChI=1S/C14H18ClN5O2/c1-20-7-8(5-17-20)9-6-16-14(15)19-13(9)18-10-3-2-4-11(21)12(10)22/h5-7,10-12,21-22H,2-4H2,1H3,(H,16,18,19)/t10-,11-,12+/m1/s1. The summed E-state index contributed by atoms with van der Waals surface area (Å²) >= 11 is 5.90. The number of aliphatic hydroxyl groups excluding tert-OH is 2. The van der Waals surface area contributed by atoms with E-state index < -0.39 is 12.2 Å². The molecule has 0 radical (unpaired) electrons. The molecule has 0 bridgehead atoms. The maximum Gasteiger partial charge on any atom is 0.224 e. The van der Waals surface area contributed by atoms with Crippen LogP contribution in [0.25, 0.3) is 11.1 Å². The minimum atomic E-state index is -0.829. The quantitative estimate of drug-likeness (QED) is 0.735. The van der Waals surface area contributed by atoms with Crippen LogP contribution < -0.4 is 5.32 Å². The van der Waals surface area contributed by atoms with Gasteiger partial charge in [-0.1, -0.05) is 0 Å². The molecule has 1 saturated carbocycles. The first-order chi connectivity index (χ1) is 10.5. The fourth-order valence-electron chi connectivity index (χ4n) is 2.73. The second-order valence-electron chi connectivity index (χ2n) is 5.54. The molecule has 1 fully saturated rings. The van der Waals surface area contributed by atoms with Crippen molar-refractivity contribution >= 4 is 17.4 Å². The lowest BCUT2D eigenvalue weighted by atomic mass is 9.90. The number of hydrogen-bond donors (Lipinski definition) is 3. The molecule has 0 unspecified atom stereocenters. The van der Waals surface area contributed by atoms with Crippen LogP contribution in [0.2, 0.25) is 5.28 Å². The Morgan fingerprint density at radius 3 is 2.86 bits per heavy atom. The molecule has 0 amide bonds. The first-order valence-electron chi connectivity index (χ1n) is 7.19. The zero-order chi connectivity index (χ0) is 15.7. The predicted octanol–water partition coefficient (Wildman–Crippen LogP) is 1.22. The van der Waals surface area contributed by atoms with Crippen LogP contribution in [0.1, 0.15) is 19.3 Å². The highest BCUT2D eigenvalue weighted by Crippen LogP contribution is 2.29. The van der Waals surface area contributed by atoms with Gasteiger partial charge in [0.25, 0.3) is 0 Å². The summed E-state index contributed by atoms with van der Waals surface area (Å²) in [5.74, 6) is 0.533. The highest BCUT2D eigenvalue weighted by Gasteiger charge is 2.31. The van der Waals surface area contributed by atoms with Gasteiger partial charge in [-0.2, -0.15) is 5.10 Å². The van der Waals surface area contributed by atoms with Crippen LogP contribution in [0.3, 0.4) is 0 Å². The summed E-state index contributed by atoms with van der Waals surface area (Å²) < 4.78 is 1.69. The molecule has 2 aromatic rings. The van der Waals surface area contributed by atoms with Crippen LogP contribution in [0.4, 0.5) is 5.82 Å². The highest BCUT2D eigenvalue weighted by atomic mass is 35.5. The van der Waals surface area contributed by atoms with Crippen LogP contribution in [-0.4, -0.2) is 48.2 Å². The van der Waals surface area contributed by atoms with E-state index >= 15 is 0 Å². The Hall–Kier alpha value is -1.70. The molecule has 0 aliphatic heterocycles. The maximum absolute atomic E-state index is 10.1. The largest absolute Gasteiger partial charge is 0.390 e. The van der Waals surface area contributed by atoms with Gasteiger partial charge in [0.15, 0.2) is 0 Å². The molecule has 2 heterocycles. The van der Waals surface area contributed by atoms with Gasteiger partial charge in [0.1, 0.15) is 5.82 Å². The van der Waals surface area contributed by atoms with Crippen molar-refractivity contribution < 1.29 is 10.2 Å². The molecular weight excluding hydrogens is 306 g/mol. The van der Waals surface area contributed by atoms with E-state index in [1.54, 1.807) is 17.1 Å².